The molecule has 3 nitrogen and oxygen atoms in total. The van der Waals surface area contributed by atoms with Gasteiger partial charge in [0.1, 0.15) is 0 Å². The lowest BCUT2D eigenvalue weighted by Crippen LogP contribution is -2.16. The predicted octanol–water partition coefficient (Wildman–Crippen LogP) is 1.73. The van der Waals surface area contributed by atoms with Crippen LogP contribution in [-0.2, 0) is 13.1 Å². The standard InChI is InChI=1S/C11H12N2OS/c14-11-5-1-3-9(13-11)7-12-8-10-4-2-6-15-10/h1-6,12H,7-8H2,(H,13,14). The minimum absolute atomic E-state index is 0.0505. The van der Waals surface area contributed by atoms with Crippen LogP contribution in [-0.4, -0.2) is 4.98 Å². The van der Waals surface area contributed by atoms with Crippen molar-refractivity contribution in [3.63, 3.8) is 0 Å². The van der Waals surface area contributed by atoms with Crippen LogP contribution in [0.4, 0.5) is 0 Å². The molecule has 0 unspecified atom stereocenters. The van der Waals surface area contributed by atoms with Crippen molar-refractivity contribution in [2.24, 2.45) is 0 Å². The van der Waals surface area contributed by atoms with Gasteiger partial charge in [-0.1, -0.05) is 12.1 Å². The molecule has 2 heterocycles. The van der Waals surface area contributed by atoms with Gasteiger partial charge in [0.15, 0.2) is 0 Å². The highest BCUT2D eigenvalue weighted by Gasteiger charge is 1.94. The summed E-state index contributed by atoms with van der Waals surface area (Å²) < 4.78 is 0. The van der Waals surface area contributed by atoms with Crippen LogP contribution in [0.1, 0.15) is 10.6 Å². The third-order valence-electron chi connectivity index (χ3n) is 2.02. The van der Waals surface area contributed by atoms with Gasteiger partial charge in [-0.05, 0) is 17.5 Å². The molecular weight excluding hydrogens is 208 g/mol. The summed E-state index contributed by atoms with van der Waals surface area (Å²) in [6.45, 7) is 1.53. The van der Waals surface area contributed by atoms with Crippen molar-refractivity contribution in [2.75, 3.05) is 0 Å². The molecule has 15 heavy (non-hydrogen) atoms. The van der Waals surface area contributed by atoms with E-state index in [1.54, 1.807) is 17.4 Å². The molecule has 0 aliphatic carbocycles. The van der Waals surface area contributed by atoms with Gasteiger partial charge >= 0.3 is 0 Å². The first kappa shape index (κ1) is 10.1. The fourth-order valence-electron chi connectivity index (χ4n) is 1.33. The highest BCUT2D eigenvalue weighted by Crippen LogP contribution is 2.07. The summed E-state index contributed by atoms with van der Waals surface area (Å²) in [7, 11) is 0. The maximum atomic E-state index is 11.0. The van der Waals surface area contributed by atoms with Crippen molar-refractivity contribution in [2.45, 2.75) is 13.1 Å². The van der Waals surface area contributed by atoms with Crippen molar-refractivity contribution in [3.8, 4) is 0 Å². The normalized spacial score (nSPS) is 10.4. The molecule has 0 atom stereocenters. The first-order valence-corrected chi connectivity index (χ1v) is 5.64. The van der Waals surface area contributed by atoms with E-state index in [4.69, 9.17) is 0 Å². The molecule has 2 aromatic heterocycles. The Balaban J connectivity index is 1.86. The molecular formula is C11H12N2OS. The maximum Gasteiger partial charge on any atom is 0.248 e. The Bertz CT molecular complexity index is 461. The van der Waals surface area contributed by atoms with E-state index in [2.05, 4.69) is 21.7 Å². The monoisotopic (exact) mass is 220 g/mol. The second-order valence-corrected chi connectivity index (χ2v) is 4.26. The minimum atomic E-state index is -0.0505. The van der Waals surface area contributed by atoms with Crippen molar-refractivity contribution < 1.29 is 0 Å². The average Bonchev–Trinajstić information content (AvgIpc) is 2.71. The average molecular weight is 220 g/mol. The zero-order valence-electron chi connectivity index (χ0n) is 8.19. The highest BCUT2D eigenvalue weighted by molar-refractivity contribution is 7.09. The van der Waals surface area contributed by atoms with Crippen molar-refractivity contribution >= 4 is 11.3 Å². The third kappa shape index (κ3) is 3.04. The Morgan fingerprint density at radius 3 is 2.87 bits per heavy atom. The van der Waals surface area contributed by atoms with Gasteiger partial charge < -0.3 is 10.3 Å². The molecule has 0 amide bonds. The number of H-pyrrole nitrogens is 1. The van der Waals surface area contributed by atoms with Gasteiger partial charge in [0.05, 0.1) is 0 Å². The molecule has 0 aliphatic rings. The first-order valence-electron chi connectivity index (χ1n) is 4.76. The van der Waals surface area contributed by atoms with Crippen LogP contribution in [0.2, 0.25) is 0 Å². The van der Waals surface area contributed by atoms with Gasteiger partial charge in [-0.2, -0.15) is 0 Å². The molecule has 2 N–H and O–H groups in total. The summed E-state index contributed by atoms with van der Waals surface area (Å²) in [5.41, 5.74) is 0.865. The Morgan fingerprint density at radius 2 is 2.13 bits per heavy atom. The quantitative estimate of drug-likeness (QED) is 0.824. The SMILES string of the molecule is O=c1cccc(CNCc2cccs2)[nH]1. The fraction of sp³-hybridized carbons (Fsp3) is 0.182. The molecule has 4 heteroatoms. The van der Waals surface area contributed by atoms with Gasteiger partial charge in [0, 0.05) is 29.7 Å². The molecule has 2 rings (SSSR count). The molecule has 0 fully saturated rings. The number of aromatic amines is 1. The molecule has 0 aliphatic heterocycles. The summed E-state index contributed by atoms with van der Waals surface area (Å²) in [6, 6.07) is 9.31. The molecule has 0 aromatic carbocycles. The van der Waals surface area contributed by atoms with Gasteiger partial charge in [0.2, 0.25) is 5.56 Å². The first-order chi connectivity index (χ1) is 7.34. The van der Waals surface area contributed by atoms with Gasteiger partial charge in [0.25, 0.3) is 0 Å². The zero-order valence-corrected chi connectivity index (χ0v) is 9.01. The van der Waals surface area contributed by atoms with Crippen LogP contribution in [0, 0.1) is 0 Å². The predicted molar refractivity (Wildman–Crippen MR) is 61.9 cm³/mol. The van der Waals surface area contributed by atoms with Crippen molar-refractivity contribution in [3.05, 3.63) is 56.6 Å². The summed E-state index contributed by atoms with van der Waals surface area (Å²) in [6.07, 6.45) is 0. The number of hydrogen-bond acceptors (Lipinski definition) is 3. The lowest BCUT2D eigenvalue weighted by atomic mass is 10.3. The van der Waals surface area contributed by atoms with Crippen LogP contribution in [0.15, 0.2) is 40.5 Å². The zero-order chi connectivity index (χ0) is 10.5. The Morgan fingerprint density at radius 1 is 1.20 bits per heavy atom. The summed E-state index contributed by atoms with van der Waals surface area (Å²) in [5.74, 6) is 0. The van der Waals surface area contributed by atoms with Crippen molar-refractivity contribution in [1.29, 1.82) is 0 Å². The molecule has 2 aromatic rings. The third-order valence-corrected chi connectivity index (χ3v) is 2.90. The van der Waals surface area contributed by atoms with Crippen LogP contribution in [0.5, 0.6) is 0 Å². The molecule has 0 spiro atoms. The number of aromatic nitrogens is 1. The van der Waals surface area contributed by atoms with Gasteiger partial charge in [-0.15, -0.1) is 11.3 Å². The summed E-state index contributed by atoms with van der Waals surface area (Å²) in [4.78, 5) is 15.1. The number of rotatable bonds is 4. The largest absolute Gasteiger partial charge is 0.325 e. The molecule has 0 saturated carbocycles. The summed E-state index contributed by atoms with van der Waals surface area (Å²) >= 11 is 1.73. The lowest BCUT2D eigenvalue weighted by molar-refractivity contribution is 0.685. The lowest BCUT2D eigenvalue weighted by Gasteiger charge is -2.02. The van der Waals surface area contributed by atoms with Crippen LogP contribution < -0.4 is 10.9 Å². The fourth-order valence-corrected chi connectivity index (χ4v) is 2.00. The Kier molecular flexibility index (Phi) is 3.32. The van der Waals surface area contributed by atoms with E-state index < -0.39 is 0 Å². The van der Waals surface area contributed by atoms with Gasteiger partial charge in [-0.25, -0.2) is 0 Å². The van der Waals surface area contributed by atoms with E-state index in [0.717, 1.165) is 12.2 Å². The van der Waals surface area contributed by atoms with E-state index >= 15 is 0 Å². The smallest absolute Gasteiger partial charge is 0.248 e. The van der Waals surface area contributed by atoms with Crippen LogP contribution in [0.3, 0.4) is 0 Å². The number of hydrogen-bond donors (Lipinski definition) is 2. The van der Waals surface area contributed by atoms with E-state index in [9.17, 15) is 4.79 Å². The second kappa shape index (κ2) is 4.91. The van der Waals surface area contributed by atoms with E-state index in [-0.39, 0.29) is 5.56 Å². The van der Waals surface area contributed by atoms with Gasteiger partial charge in [-0.3, -0.25) is 4.79 Å². The van der Waals surface area contributed by atoms with E-state index in [0.29, 0.717) is 6.54 Å². The second-order valence-electron chi connectivity index (χ2n) is 3.22. The van der Waals surface area contributed by atoms with Crippen molar-refractivity contribution in [1.82, 2.24) is 10.3 Å². The van der Waals surface area contributed by atoms with Crippen LogP contribution in [0.25, 0.3) is 0 Å². The van der Waals surface area contributed by atoms with E-state index in [1.807, 2.05) is 12.1 Å². The molecule has 0 radical (unpaired) electrons. The van der Waals surface area contributed by atoms with Crippen LogP contribution >= 0.6 is 11.3 Å². The number of pyridine rings is 1. The minimum Gasteiger partial charge on any atom is -0.325 e. The highest BCUT2D eigenvalue weighted by atomic mass is 32.1. The van der Waals surface area contributed by atoms with E-state index in [1.165, 1.54) is 10.9 Å². The Hall–Kier alpha value is -1.39. The number of nitrogens with one attached hydrogen (secondary N) is 2. The molecule has 0 bridgehead atoms. The maximum absolute atomic E-state index is 11.0. The number of thiophene rings is 1. The summed E-state index contributed by atoms with van der Waals surface area (Å²) in [5, 5.41) is 5.33. The molecule has 0 saturated heterocycles. The molecule has 78 valence electrons. The topological polar surface area (TPSA) is 44.9 Å². The Labute approximate surface area is 91.8 Å².